The number of benzene rings is 2. The molecule has 2 aliphatic carbocycles. The first-order valence-corrected chi connectivity index (χ1v) is 17.6. The van der Waals surface area contributed by atoms with Crippen LogP contribution in [0.2, 0.25) is 0 Å². The molecule has 6 rings (SSSR count). The number of nitrogens with zero attached hydrogens (tertiary/aromatic N) is 1. The van der Waals surface area contributed by atoms with Crippen LogP contribution in [-0.4, -0.2) is 37.1 Å². The van der Waals surface area contributed by atoms with Crippen LogP contribution in [0.1, 0.15) is 82.8 Å². The molecule has 0 spiro atoms. The first kappa shape index (κ1) is 30.3. The van der Waals surface area contributed by atoms with Gasteiger partial charge in [-0.2, -0.15) is 0 Å². The SMILES string of the molecule is C[C@@H]1CC[C@@H](C(C)(C)c2ccccc2)[C@H](OC(=O)N2C3=C(C(=O)CC3)[C@H](c3ccc(F)c(Br)c3)C3=C2CCCS3(=O)=O)C1. The van der Waals surface area contributed by atoms with Crippen LogP contribution in [0.25, 0.3) is 0 Å². The molecule has 0 saturated heterocycles. The maximum absolute atomic E-state index is 14.3. The van der Waals surface area contributed by atoms with Crippen molar-refractivity contribution in [1.82, 2.24) is 4.90 Å². The summed E-state index contributed by atoms with van der Waals surface area (Å²) in [5, 5.41) is 0. The molecule has 2 aromatic carbocycles. The Hall–Kier alpha value is -2.78. The lowest BCUT2D eigenvalue weighted by Gasteiger charge is -2.45. The van der Waals surface area contributed by atoms with Crippen molar-refractivity contribution in [2.24, 2.45) is 11.8 Å². The lowest BCUT2D eigenvalue weighted by atomic mass is 9.64. The van der Waals surface area contributed by atoms with Crippen molar-refractivity contribution in [2.45, 2.75) is 83.2 Å². The van der Waals surface area contributed by atoms with E-state index in [1.54, 1.807) is 6.07 Å². The third-order valence-corrected chi connectivity index (χ3v) is 12.5. The largest absolute Gasteiger partial charge is 0.445 e. The topological polar surface area (TPSA) is 80.8 Å². The molecular weight excluding hydrogens is 633 g/mol. The fourth-order valence-electron chi connectivity index (χ4n) is 7.71. The van der Waals surface area contributed by atoms with Gasteiger partial charge in [-0.15, -0.1) is 0 Å². The molecule has 1 saturated carbocycles. The van der Waals surface area contributed by atoms with Crippen LogP contribution in [-0.2, 0) is 24.8 Å². The van der Waals surface area contributed by atoms with Gasteiger partial charge in [-0.3, -0.25) is 9.69 Å². The molecular formula is C34H37BrFNO5S. The van der Waals surface area contributed by atoms with Crippen molar-refractivity contribution in [2.75, 3.05) is 5.75 Å². The minimum Gasteiger partial charge on any atom is -0.445 e. The number of allylic oxidation sites excluding steroid dienone is 4. The molecule has 1 amide bonds. The number of carbonyl (C=O) groups excluding carboxylic acids is 2. The van der Waals surface area contributed by atoms with Crippen molar-refractivity contribution in [1.29, 1.82) is 0 Å². The molecule has 1 fully saturated rings. The van der Waals surface area contributed by atoms with Gasteiger partial charge in [0.25, 0.3) is 0 Å². The second kappa shape index (κ2) is 11.3. The third-order valence-electron chi connectivity index (χ3n) is 9.95. The summed E-state index contributed by atoms with van der Waals surface area (Å²) in [4.78, 5) is 29.2. The normalized spacial score (nSPS) is 27.2. The average molecular weight is 671 g/mol. The van der Waals surface area contributed by atoms with Gasteiger partial charge in [0.1, 0.15) is 11.9 Å². The summed E-state index contributed by atoms with van der Waals surface area (Å²) in [6.07, 6.45) is 2.89. The van der Waals surface area contributed by atoms with Crippen LogP contribution in [0.5, 0.6) is 0 Å². The Morgan fingerprint density at radius 1 is 1.05 bits per heavy atom. The molecule has 228 valence electrons. The van der Waals surface area contributed by atoms with Crippen LogP contribution in [0.4, 0.5) is 9.18 Å². The number of sulfone groups is 1. The Bertz CT molecular complexity index is 1650. The summed E-state index contributed by atoms with van der Waals surface area (Å²) >= 11 is 3.22. The van der Waals surface area contributed by atoms with E-state index in [1.807, 2.05) is 18.2 Å². The molecule has 2 aliphatic heterocycles. The van der Waals surface area contributed by atoms with Gasteiger partial charge < -0.3 is 4.74 Å². The minimum absolute atomic E-state index is 0.0614. The fraction of sp³-hybridized carbons (Fsp3) is 0.471. The van der Waals surface area contributed by atoms with E-state index in [0.717, 1.165) is 12.8 Å². The second-order valence-corrected chi connectivity index (χ2v) is 15.9. The van der Waals surface area contributed by atoms with Crippen molar-refractivity contribution in [3.63, 3.8) is 0 Å². The zero-order valence-electron chi connectivity index (χ0n) is 24.7. The number of carbonyl (C=O) groups is 2. The van der Waals surface area contributed by atoms with E-state index in [0.29, 0.717) is 54.1 Å². The Morgan fingerprint density at radius 2 is 1.79 bits per heavy atom. The monoisotopic (exact) mass is 669 g/mol. The quantitative estimate of drug-likeness (QED) is 0.330. The summed E-state index contributed by atoms with van der Waals surface area (Å²) in [5.74, 6) is -1.20. The number of Topliss-reactive ketones (excluding diaryl/α,β-unsaturated/α-hetero) is 1. The van der Waals surface area contributed by atoms with E-state index in [4.69, 9.17) is 4.74 Å². The number of hydrogen-bond donors (Lipinski definition) is 0. The van der Waals surface area contributed by atoms with Gasteiger partial charge in [-0.05, 0) is 82.6 Å². The predicted molar refractivity (Wildman–Crippen MR) is 166 cm³/mol. The fourth-order valence-corrected chi connectivity index (χ4v) is 10.0. The molecule has 0 N–H and O–H groups in total. The Kier molecular flexibility index (Phi) is 7.95. The summed E-state index contributed by atoms with van der Waals surface area (Å²) in [5.41, 5.74) is 2.63. The van der Waals surface area contributed by atoms with Gasteiger partial charge in [0, 0.05) is 29.3 Å². The highest BCUT2D eigenvalue weighted by atomic mass is 79.9. The number of amides is 1. The van der Waals surface area contributed by atoms with E-state index in [9.17, 15) is 22.4 Å². The number of ether oxygens (including phenoxy) is 1. The minimum atomic E-state index is -3.81. The van der Waals surface area contributed by atoms with Crippen molar-refractivity contribution < 1.29 is 27.1 Å². The van der Waals surface area contributed by atoms with E-state index < -0.39 is 27.7 Å². The molecule has 4 aliphatic rings. The summed E-state index contributed by atoms with van der Waals surface area (Å²) in [6.45, 7) is 6.56. The molecule has 2 aromatic rings. The van der Waals surface area contributed by atoms with Crippen molar-refractivity contribution in [3.05, 3.63) is 91.8 Å². The third kappa shape index (κ3) is 5.30. The highest BCUT2D eigenvalue weighted by Gasteiger charge is 2.50. The lowest BCUT2D eigenvalue weighted by Crippen LogP contribution is -2.46. The highest BCUT2D eigenvalue weighted by Crippen LogP contribution is 2.52. The number of ketones is 1. The van der Waals surface area contributed by atoms with E-state index in [2.05, 4.69) is 48.8 Å². The molecule has 0 bridgehead atoms. The number of hydrogen-bond acceptors (Lipinski definition) is 5. The Morgan fingerprint density at radius 3 is 2.51 bits per heavy atom. The first-order valence-electron chi connectivity index (χ1n) is 15.1. The first-order chi connectivity index (χ1) is 20.4. The zero-order valence-corrected chi connectivity index (χ0v) is 27.1. The molecule has 0 unspecified atom stereocenters. The number of halogens is 2. The van der Waals surface area contributed by atoms with Crippen LogP contribution in [0.3, 0.4) is 0 Å². The molecule has 6 nitrogen and oxygen atoms in total. The van der Waals surface area contributed by atoms with Gasteiger partial charge in [0.05, 0.1) is 21.0 Å². The Balaban J connectivity index is 1.43. The van der Waals surface area contributed by atoms with Crippen LogP contribution < -0.4 is 0 Å². The molecule has 43 heavy (non-hydrogen) atoms. The smallest absolute Gasteiger partial charge is 0.418 e. The van der Waals surface area contributed by atoms with Crippen molar-refractivity contribution >= 4 is 37.6 Å². The van der Waals surface area contributed by atoms with Gasteiger partial charge in [0.15, 0.2) is 15.6 Å². The van der Waals surface area contributed by atoms with E-state index >= 15 is 0 Å². The zero-order chi connectivity index (χ0) is 30.7. The van der Waals surface area contributed by atoms with Gasteiger partial charge >= 0.3 is 6.09 Å². The van der Waals surface area contributed by atoms with Gasteiger partial charge in [-0.1, -0.05) is 63.6 Å². The van der Waals surface area contributed by atoms with Gasteiger partial charge in [0.2, 0.25) is 0 Å². The van der Waals surface area contributed by atoms with Crippen molar-refractivity contribution in [3.8, 4) is 0 Å². The molecule has 0 aromatic heterocycles. The summed E-state index contributed by atoms with van der Waals surface area (Å²) < 4.78 is 48.3. The average Bonchev–Trinajstić information content (AvgIpc) is 3.34. The molecule has 0 radical (unpaired) electrons. The Labute approximate surface area is 261 Å². The van der Waals surface area contributed by atoms with E-state index in [-0.39, 0.29) is 44.8 Å². The van der Waals surface area contributed by atoms with Crippen LogP contribution in [0, 0.1) is 17.7 Å². The van der Waals surface area contributed by atoms with E-state index in [1.165, 1.54) is 22.6 Å². The highest BCUT2D eigenvalue weighted by molar-refractivity contribution is 9.10. The lowest BCUT2D eigenvalue weighted by molar-refractivity contribution is -0.115. The summed E-state index contributed by atoms with van der Waals surface area (Å²) in [7, 11) is -3.81. The second-order valence-electron chi connectivity index (χ2n) is 13.0. The maximum Gasteiger partial charge on any atom is 0.418 e. The summed E-state index contributed by atoms with van der Waals surface area (Å²) in [6, 6.07) is 14.6. The molecule has 4 atom stereocenters. The van der Waals surface area contributed by atoms with Gasteiger partial charge in [-0.25, -0.2) is 17.6 Å². The molecule has 2 heterocycles. The maximum atomic E-state index is 14.3. The number of rotatable bonds is 4. The van der Waals surface area contributed by atoms with Crippen LogP contribution >= 0.6 is 15.9 Å². The standard InChI is InChI=1S/C34H37BrFNO5S/c1-20-11-13-23(34(2,3)22-8-5-4-6-9-22)29(18-20)42-33(39)37-26-15-16-28(38)31(26)30(21-12-14-25(36)24(35)19-21)32-27(37)10-7-17-43(32,40)41/h4-6,8-9,12,14,19-20,23,29-30H,7,10-11,13,15-18H2,1-3H3/t20-,23-,29-,30+/m1/s1. The molecule has 9 heteroatoms. The van der Waals surface area contributed by atoms with Crippen LogP contribution in [0.15, 0.2) is 74.9 Å². The predicted octanol–water partition coefficient (Wildman–Crippen LogP) is 7.94.